The molecule has 0 heterocycles. The number of nitrogens with two attached hydrogens (primary N) is 1. The Hall–Kier alpha value is -1.40. The van der Waals surface area contributed by atoms with Gasteiger partial charge in [0, 0.05) is 12.1 Å². The lowest BCUT2D eigenvalue weighted by Gasteiger charge is -2.27. The van der Waals surface area contributed by atoms with E-state index in [2.05, 4.69) is 4.72 Å². The molecule has 1 aliphatic carbocycles. The molecule has 4 nitrogen and oxygen atoms in total. The number of hydrogen-bond acceptors (Lipinski definition) is 3. The molecule has 0 aromatic heterocycles. The first-order valence-electron chi connectivity index (χ1n) is 7.98. The number of halogens is 1. The highest BCUT2D eigenvalue weighted by Crippen LogP contribution is 2.24. The van der Waals surface area contributed by atoms with Gasteiger partial charge in [-0.1, -0.05) is 48.9 Å². The summed E-state index contributed by atoms with van der Waals surface area (Å²) in [6.07, 6.45) is 3.50. The zero-order chi connectivity index (χ0) is 16.3. The molecular weight excluding hydrogens is 344 g/mol. The van der Waals surface area contributed by atoms with Crippen LogP contribution >= 0.6 is 12.4 Å². The largest absolute Gasteiger partial charge is 0.328 e. The van der Waals surface area contributed by atoms with Crippen molar-refractivity contribution in [3.63, 3.8) is 0 Å². The van der Waals surface area contributed by atoms with Gasteiger partial charge in [-0.05, 0) is 42.5 Å². The predicted molar refractivity (Wildman–Crippen MR) is 99.7 cm³/mol. The van der Waals surface area contributed by atoms with Gasteiger partial charge in [0.2, 0.25) is 10.0 Å². The third kappa shape index (κ3) is 4.57. The summed E-state index contributed by atoms with van der Waals surface area (Å²) in [4.78, 5) is 0.304. The molecule has 0 saturated heterocycles. The molecule has 1 aliphatic rings. The average Bonchev–Trinajstić information content (AvgIpc) is 2.55. The molecule has 6 heteroatoms. The summed E-state index contributed by atoms with van der Waals surface area (Å²) in [6, 6.07) is 16.9. The number of nitrogens with one attached hydrogen (secondary N) is 1. The van der Waals surface area contributed by atoms with Crippen LogP contribution in [0.5, 0.6) is 0 Å². The molecule has 3 N–H and O–H groups in total. The van der Waals surface area contributed by atoms with Gasteiger partial charge in [-0.3, -0.25) is 0 Å². The van der Waals surface area contributed by atoms with Crippen LogP contribution in [0.3, 0.4) is 0 Å². The van der Waals surface area contributed by atoms with E-state index in [-0.39, 0.29) is 24.5 Å². The zero-order valence-corrected chi connectivity index (χ0v) is 15.0. The van der Waals surface area contributed by atoms with E-state index in [1.165, 1.54) is 0 Å². The third-order valence-electron chi connectivity index (χ3n) is 4.29. The Morgan fingerprint density at radius 2 is 1.67 bits per heavy atom. The summed E-state index contributed by atoms with van der Waals surface area (Å²) in [5.41, 5.74) is 7.85. The van der Waals surface area contributed by atoms with Crippen LogP contribution in [0.25, 0.3) is 11.1 Å². The Morgan fingerprint density at radius 3 is 2.38 bits per heavy atom. The molecule has 0 amide bonds. The van der Waals surface area contributed by atoms with Crippen LogP contribution in [0.2, 0.25) is 0 Å². The standard InChI is InChI=1S/C18H22N2O2S.ClH/c19-16-9-5-10-17(13-16)20-23(21,22)18-11-4-8-15(12-18)14-6-2-1-3-7-14;/h1-4,6-8,11-12,16-17,20H,5,9-10,13,19H2;1H. The van der Waals surface area contributed by atoms with Gasteiger partial charge < -0.3 is 5.73 Å². The van der Waals surface area contributed by atoms with E-state index in [1.807, 2.05) is 36.4 Å². The Morgan fingerprint density at radius 1 is 0.958 bits per heavy atom. The Kier molecular flexibility index (Phi) is 6.40. The molecule has 1 fully saturated rings. The van der Waals surface area contributed by atoms with Gasteiger partial charge in [0.25, 0.3) is 0 Å². The third-order valence-corrected chi connectivity index (χ3v) is 5.81. The summed E-state index contributed by atoms with van der Waals surface area (Å²) in [7, 11) is -3.52. The van der Waals surface area contributed by atoms with Crippen LogP contribution < -0.4 is 10.5 Å². The number of benzene rings is 2. The highest BCUT2D eigenvalue weighted by Gasteiger charge is 2.25. The maximum absolute atomic E-state index is 12.6. The fraction of sp³-hybridized carbons (Fsp3) is 0.333. The minimum atomic E-state index is -3.52. The normalized spacial score (nSPS) is 21.0. The molecule has 0 aliphatic heterocycles. The molecule has 0 spiro atoms. The van der Waals surface area contributed by atoms with Crippen molar-refractivity contribution in [2.75, 3.05) is 0 Å². The first-order valence-corrected chi connectivity index (χ1v) is 9.46. The Balaban J connectivity index is 0.00000208. The van der Waals surface area contributed by atoms with E-state index < -0.39 is 10.0 Å². The summed E-state index contributed by atoms with van der Waals surface area (Å²) >= 11 is 0. The van der Waals surface area contributed by atoms with Crippen molar-refractivity contribution >= 4 is 22.4 Å². The lowest BCUT2D eigenvalue weighted by atomic mass is 9.92. The molecule has 130 valence electrons. The predicted octanol–water partition coefficient (Wildman–Crippen LogP) is 3.32. The van der Waals surface area contributed by atoms with Crippen molar-refractivity contribution in [1.82, 2.24) is 4.72 Å². The van der Waals surface area contributed by atoms with E-state index in [0.717, 1.165) is 30.4 Å². The number of sulfonamides is 1. The van der Waals surface area contributed by atoms with Crippen LogP contribution in [-0.2, 0) is 10.0 Å². The first kappa shape index (κ1) is 18.9. The van der Waals surface area contributed by atoms with Crippen molar-refractivity contribution in [2.45, 2.75) is 42.7 Å². The number of hydrogen-bond donors (Lipinski definition) is 2. The number of rotatable bonds is 4. The van der Waals surface area contributed by atoms with E-state index in [9.17, 15) is 8.42 Å². The lowest BCUT2D eigenvalue weighted by Crippen LogP contribution is -2.42. The quantitative estimate of drug-likeness (QED) is 0.871. The van der Waals surface area contributed by atoms with Crippen LogP contribution in [0.15, 0.2) is 59.5 Å². The van der Waals surface area contributed by atoms with E-state index in [4.69, 9.17) is 5.73 Å². The maximum Gasteiger partial charge on any atom is 0.240 e. The van der Waals surface area contributed by atoms with Gasteiger partial charge in [0.15, 0.2) is 0 Å². The average molecular weight is 367 g/mol. The van der Waals surface area contributed by atoms with Gasteiger partial charge in [-0.2, -0.15) is 0 Å². The van der Waals surface area contributed by atoms with Crippen molar-refractivity contribution < 1.29 is 8.42 Å². The second kappa shape index (κ2) is 8.12. The fourth-order valence-electron chi connectivity index (χ4n) is 3.10. The minimum Gasteiger partial charge on any atom is -0.328 e. The first-order chi connectivity index (χ1) is 11.0. The monoisotopic (exact) mass is 366 g/mol. The van der Waals surface area contributed by atoms with Crippen LogP contribution in [0.4, 0.5) is 0 Å². The highest BCUT2D eigenvalue weighted by atomic mass is 35.5. The van der Waals surface area contributed by atoms with E-state index in [0.29, 0.717) is 11.3 Å². The van der Waals surface area contributed by atoms with Gasteiger partial charge in [-0.15, -0.1) is 12.4 Å². The molecule has 0 radical (unpaired) electrons. The van der Waals surface area contributed by atoms with Crippen LogP contribution in [0.1, 0.15) is 25.7 Å². The van der Waals surface area contributed by atoms with Gasteiger partial charge >= 0.3 is 0 Å². The zero-order valence-electron chi connectivity index (χ0n) is 13.4. The lowest BCUT2D eigenvalue weighted by molar-refractivity contribution is 0.371. The summed E-state index contributed by atoms with van der Waals surface area (Å²) < 4.78 is 28.1. The van der Waals surface area contributed by atoms with Crippen molar-refractivity contribution in [3.8, 4) is 11.1 Å². The van der Waals surface area contributed by atoms with E-state index in [1.54, 1.807) is 18.2 Å². The van der Waals surface area contributed by atoms with Crippen molar-refractivity contribution in [1.29, 1.82) is 0 Å². The molecule has 1 saturated carbocycles. The second-order valence-electron chi connectivity index (χ2n) is 6.14. The topological polar surface area (TPSA) is 72.2 Å². The Bertz CT molecular complexity index is 766. The molecular formula is C18H23ClN2O2S. The minimum absolute atomic E-state index is 0. The smallest absolute Gasteiger partial charge is 0.240 e. The fourth-order valence-corrected chi connectivity index (χ4v) is 4.42. The summed E-state index contributed by atoms with van der Waals surface area (Å²) in [6.45, 7) is 0. The van der Waals surface area contributed by atoms with Gasteiger partial charge in [0.1, 0.15) is 0 Å². The van der Waals surface area contributed by atoms with Crippen LogP contribution in [0, 0.1) is 0 Å². The van der Waals surface area contributed by atoms with Gasteiger partial charge in [0.05, 0.1) is 4.90 Å². The molecule has 2 unspecified atom stereocenters. The molecule has 0 bridgehead atoms. The molecule has 2 atom stereocenters. The molecule has 2 aromatic carbocycles. The van der Waals surface area contributed by atoms with Crippen molar-refractivity contribution in [2.24, 2.45) is 5.73 Å². The molecule has 2 aromatic rings. The van der Waals surface area contributed by atoms with E-state index >= 15 is 0 Å². The highest BCUT2D eigenvalue weighted by molar-refractivity contribution is 7.89. The van der Waals surface area contributed by atoms with Gasteiger partial charge in [-0.25, -0.2) is 13.1 Å². The summed E-state index contributed by atoms with van der Waals surface area (Å²) in [5, 5.41) is 0. The molecule has 3 rings (SSSR count). The Labute approximate surface area is 149 Å². The van der Waals surface area contributed by atoms with Crippen LogP contribution in [-0.4, -0.2) is 20.5 Å². The van der Waals surface area contributed by atoms with Crippen molar-refractivity contribution in [3.05, 3.63) is 54.6 Å². The second-order valence-corrected chi connectivity index (χ2v) is 7.85. The SMILES string of the molecule is Cl.NC1CCCC(NS(=O)(=O)c2cccc(-c3ccccc3)c2)C1. The summed E-state index contributed by atoms with van der Waals surface area (Å²) in [5.74, 6) is 0. The molecule has 24 heavy (non-hydrogen) atoms. The maximum atomic E-state index is 12.6.